The van der Waals surface area contributed by atoms with E-state index in [2.05, 4.69) is 0 Å². The second-order valence-electron chi connectivity index (χ2n) is 7.89. The molecule has 0 N–H and O–H groups in total. The largest absolute Gasteiger partial charge is 0.530 e. The van der Waals surface area contributed by atoms with Gasteiger partial charge in [-0.25, -0.2) is 0 Å². The topological polar surface area (TPSA) is 86.7 Å². The van der Waals surface area contributed by atoms with Crippen molar-refractivity contribution >= 4 is 23.9 Å². The Morgan fingerprint density at radius 1 is 0.913 bits per heavy atom. The van der Waals surface area contributed by atoms with Gasteiger partial charge in [0.05, 0.1) is 0 Å². The van der Waals surface area contributed by atoms with Gasteiger partial charge in [-0.15, -0.1) is 0 Å². The van der Waals surface area contributed by atoms with Crippen LogP contribution in [-0.4, -0.2) is 59.7 Å². The first kappa shape index (κ1) is 21.9. The van der Waals surface area contributed by atoms with Crippen LogP contribution in [0.25, 0.3) is 0 Å². The lowest BCUT2D eigenvalue weighted by Crippen LogP contribution is -2.58. The second kappa shape index (κ2) is 8.66. The van der Waals surface area contributed by atoms with E-state index in [0.717, 1.165) is 4.90 Å². The van der Waals surface area contributed by atoms with Crippen molar-refractivity contribution in [1.29, 1.82) is 0 Å². The number of amides is 2. The first-order valence-electron chi connectivity index (χ1n) is 7.76. The van der Waals surface area contributed by atoms with Crippen LogP contribution in [0.4, 0.5) is 9.59 Å². The number of thioether (sulfide) groups is 1. The lowest BCUT2D eigenvalue weighted by Gasteiger charge is -2.49. The van der Waals surface area contributed by atoms with Crippen molar-refractivity contribution < 1.29 is 19.8 Å². The molecule has 0 aromatic carbocycles. The number of hydrogen-bond acceptors (Lipinski definition) is 5. The van der Waals surface area contributed by atoms with Gasteiger partial charge in [0.15, 0.2) is 0 Å². The minimum atomic E-state index is -1.21. The second-order valence-corrected chi connectivity index (χ2v) is 9.12. The molecule has 0 bridgehead atoms. The fraction of sp³-hybridized carbons (Fsp3) is 0.875. The Morgan fingerprint density at radius 2 is 1.35 bits per heavy atom. The van der Waals surface area contributed by atoms with Crippen molar-refractivity contribution in [3.05, 3.63) is 0 Å². The lowest BCUT2D eigenvalue weighted by atomic mass is 9.71. The molecule has 7 heteroatoms. The molecule has 6 nitrogen and oxygen atoms in total. The average Bonchev–Trinajstić information content (AvgIpc) is 2.32. The zero-order valence-corrected chi connectivity index (χ0v) is 16.2. The van der Waals surface area contributed by atoms with E-state index in [1.165, 1.54) is 23.7 Å². The average molecular weight is 346 g/mol. The summed E-state index contributed by atoms with van der Waals surface area (Å²) in [7, 11) is 1.46. The van der Waals surface area contributed by atoms with E-state index in [-0.39, 0.29) is 16.9 Å². The molecule has 2 amide bonds. The van der Waals surface area contributed by atoms with E-state index in [9.17, 15) is 19.8 Å². The van der Waals surface area contributed by atoms with Crippen molar-refractivity contribution in [3.8, 4) is 0 Å². The third-order valence-electron chi connectivity index (χ3n) is 3.55. The predicted octanol–water partition coefficient (Wildman–Crippen LogP) is 1.10. The van der Waals surface area contributed by atoms with Crippen LogP contribution in [-0.2, 0) is 0 Å². The molecule has 23 heavy (non-hydrogen) atoms. The molecule has 0 atom stereocenters. The quantitative estimate of drug-likeness (QED) is 0.644. The summed E-state index contributed by atoms with van der Waals surface area (Å²) in [6, 6.07) is -0.175. The normalized spacial score (nSPS) is 12.3. The maximum absolute atomic E-state index is 11.6. The third kappa shape index (κ3) is 7.81. The minimum Gasteiger partial charge on any atom is -0.530 e. The number of carboxylic acid groups (broad SMARTS) is 2. The molecule has 0 spiro atoms. The molecule has 0 aliphatic rings. The molecule has 0 aliphatic carbocycles. The van der Waals surface area contributed by atoms with Gasteiger partial charge < -0.3 is 29.6 Å². The van der Waals surface area contributed by atoms with Crippen LogP contribution < -0.4 is 10.2 Å². The van der Waals surface area contributed by atoms with E-state index >= 15 is 0 Å². The molecule has 0 saturated carbocycles. The predicted molar refractivity (Wildman–Crippen MR) is 90.2 cm³/mol. The van der Waals surface area contributed by atoms with Crippen molar-refractivity contribution in [3.63, 3.8) is 0 Å². The molecule has 0 radical (unpaired) electrons. The molecule has 0 unspecified atom stereocenters. The van der Waals surface area contributed by atoms with Crippen molar-refractivity contribution in [2.24, 2.45) is 10.8 Å². The number of hydrogen-bond donors (Lipinski definition) is 0. The third-order valence-corrected chi connectivity index (χ3v) is 4.49. The van der Waals surface area contributed by atoms with E-state index < -0.39 is 12.2 Å². The van der Waals surface area contributed by atoms with Gasteiger partial charge in [0.1, 0.15) is 12.2 Å². The van der Waals surface area contributed by atoms with Gasteiger partial charge in [0, 0.05) is 37.7 Å². The number of rotatable bonds is 7. The Bertz CT molecular complexity index is 388. The number of nitrogens with zero attached hydrogens (tertiary/aromatic N) is 2. The molecule has 0 heterocycles. The highest BCUT2D eigenvalue weighted by Gasteiger charge is 2.39. The van der Waals surface area contributed by atoms with Gasteiger partial charge in [-0.1, -0.05) is 41.5 Å². The first-order chi connectivity index (χ1) is 10.3. The summed E-state index contributed by atoms with van der Waals surface area (Å²) in [6.45, 7) is 12.9. The fourth-order valence-corrected chi connectivity index (χ4v) is 4.05. The Balaban J connectivity index is 4.69. The summed E-state index contributed by atoms with van der Waals surface area (Å²) in [6.07, 6.45) is -2.37. The Morgan fingerprint density at radius 3 is 1.70 bits per heavy atom. The lowest BCUT2D eigenvalue weighted by molar-refractivity contribution is -0.272. The summed E-state index contributed by atoms with van der Waals surface area (Å²) < 4.78 is 0. The van der Waals surface area contributed by atoms with Crippen LogP contribution in [0.5, 0.6) is 0 Å². The standard InChI is InChI=1S/C16H32N2O4S/c1-15(2,3)12(16(4,5)6)18(14(21)22)9-11-23-10-8-17(7)13(19)20/h12H,8-11H2,1-7H3,(H,19,20)(H,21,22)/p-2. The Hall–Kier alpha value is -1.11. The van der Waals surface area contributed by atoms with Crippen LogP contribution in [0.3, 0.4) is 0 Å². The van der Waals surface area contributed by atoms with Crippen molar-refractivity contribution in [2.45, 2.75) is 47.6 Å². The molecular weight excluding hydrogens is 316 g/mol. The van der Waals surface area contributed by atoms with E-state index in [1.807, 2.05) is 41.5 Å². The van der Waals surface area contributed by atoms with Crippen molar-refractivity contribution in [2.75, 3.05) is 31.6 Å². The van der Waals surface area contributed by atoms with Gasteiger partial charge in [0.25, 0.3) is 0 Å². The Labute approximate surface area is 144 Å². The molecule has 0 aliphatic heterocycles. The van der Waals surface area contributed by atoms with Crippen LogP contribution in [0, 0.1) is 10.8 Å². The first-order valence-corrected chi connectivity index (χ1v) is 8.91. The maximum atomic E-state index is 11.6. The van der Waals surface area contributed by atoms with E-state index in [4.69, 9.17) is 0 Å². The maximum Gasteiger partial charge on any atom is 0.137 e. The van der Waals surface area contributed by atoms with Crippen molar-refractivity contribution in [1.82, 2.24) is 9.80 Å². The zero-order valence-electron chi connectivity index (χ0n) is 15.3. The van der Waals surface area contributed by atoms with Gasteiger partial charge in [0.2, 0.25) is 0 Å². The Kier molecular flexibility index (Phi) is 8.24. The summed E-state index contributed by atoms with van der Waals surface area (Å²) in [5.74, 6) is 1.19. The molecule has 0 aromatic rings. The molecule has 0 fully saturated rings. The highest BCUT2D eigenvalue weighted by Crippen LogP contribution is 2.37. The highest BCUT2D eigenvalue weighted by molar-refractivity contribution is 7.99. The highest BCUT2D eigenvalue weighted by atomic mass is 32.2. The molecule has 0 saturated heterocycles. The summed E-state index contributed by atoms with van der Waals surface area (Å²) in [4.78, 5) is 24.7. The van der Waals surface area contributed by atoms with Gasteiger partial charge in [-0.2, -0.15) is 11.8 Å². The van der Waals surface area contributed by atoms with E-state index in [0.29, 0.717) is 24.6 Å². The smallest absolute Gasteiger partial charge is 0.137 e. The number of carbonyl (C=O) groups is 2. The minimum absolute atomic E-state index is 0.175. The van der Waals surface area contributed by atoms with Crippen LogP contribution >= 0.6 is 11.8 Å². The number of carbonyl (C=O) groups excluding carboxylic acids is 2. The molecule has 0 rings (SSSR count). The van der Waals surface area contributed by atoms with Gasteiger partial charge in [-0.05, 0) is 10.8 Å². The summed E-state index contributed by atoms with van der Waals surface area (Å²) in [5.41, 5.74) is -0.420. The fourth-order valence-electron chi connectivity index (χ4n) is 3.12. The van der Waals surface area contributed by atoms with Crippen LogP contribution in [0.1, 0.15) is 41.5 Å². The monoisotopic (exact) mass is 346 g/mol. The molecule has 0 aromatic heterocycles. The SMILES string of the molecule is CN(CCSCCN(C(=O)[O-])C(C(C)(C)C)C(C)(C)C)C(=O)[O-]. The summed E-state index contributed by atoms with van der Waals surface area (Å²) >= 11 is 1.52. The van der Waals surface area contributed by atoms with Crippen LogP contribution in [0.2, 0.25) is 0 Å². The van der Waals surface area contributed by atoms with E-state index in [1.54, 1.807) is 0 Å². The van der Waals surface area contributed by atoms with Gasteiger partial charge >= 0.3 is 0 Å². The van der Waals surface area contributed by atoms with Crippen LogP contribution in [0.15, 0.2) is 0 Å². The summed E-state index contributed by atoms with van der Waals surface area (Å²) in [5, 5.41) is 22.2. The molecular formula is C16H30N2O4S-2. The van der Waals surface area contributed by atoms with Gasteiger partial charge in [-0.3, -0.25) is 0 Å². The molecule has 136 valence electrons. The zero-order chi connectivity index (χ0) is 18.4.